The normalized spacial score (nSPS) is 32.6. The fourth-order valence-electron chi connectivity index (χ4n) is 2.56. The quantitative estimate of drug-likeness (QED) is 0.719. The second-order valence-corrected chi connectivity index (χ2v) is 5.49. The van der Waals surface area contributed by atoms with Crippen LogP contribution in [-0.4, -0.2) is 42.8 Å². The minimum Gasteiger partial charge on any atom is -0.375 e. The molecule has 0 aromatic heterocycles. The molecule has 1 aliphatic carbocycles. The van der Waals surface area contributed by atoms with E-state index in [4.69, 9.17) is 7.80 Å². The predicted octanol–water partition coefficient (Wildman–Crippen LogP) is 2.78. The zero-order chi connectivity index (χ0) is 11.4. The van der Waals surface area contributed by atoms with Gasteiger partial charge in [0, 0.05) is 25.9 Å². The van der Waals surface area contributed by atoms with E-state index in [9.17, 15) is 0 Å². The van der Waals surface area contributed by atoms with E-state index in [-0.39, 0.29) is 0 Å². The summed E-state index contributed by atoms with van der Waals surface area (Å²) in [5, 5.41) is 0. The summed E-state index contributed by atoms with van der Waals surface area (Å²) in [7, 11) is 0. The maximum Gasteiger partial charge on any atom is 0.110 e. The first-order valence-corrected chi connectivity index (χ1v) is 7.35. The molecule has 0 bridgehead atoms. The van der Waals surface area contributed by atoms with Crippen LogP contribution in [0.2, 0.25) is 0 Å². The number of nitrogens with zero attached hydrogens (tertiary/aromatic N) is 1. The smallest absolute Gasteiger partial charge is 0.110 e. The molecule has 1 saturated carbocycles. The summed E-state index contributed by atoms with van der Waals surface area (Å²) in [5.74, 6) is 0. The molecule has 0 atom stereocenters. The van der Waals surface area contributed by atoms with Crippen LogP contribution >= 0.6 is 23.0 Å². The topological polar surface area (TPSA) is 21.7 Å². The maximum atomic E-state index is 6.08. The molecule has 0 aromatic rings. The highest BCUT2D eigenvalue weighted by Gasteiger charge is 2.33. The lowest BCUT2D eigenvalue weighted by Gasteiger charge is -2.38. The van der Waals surface area contributed by atoms with Crippen LogP contribution in [-0.2, 0) is 7.80 Å². The highest BCUT2D eigenvalue weighted by molar-refractivity contribution is 14.1. The Labute approximate surface area is 113 Å². The van der Waals surface area contributed by atoms with Gasteiger partial charge in [0.15, 0.2) is 0 Å². The molecule has 1 saturated heterocycles. The number of ether oxygens (including phenoxy) is 1. The van der Waals surface area contributed by atoms with Crippen LogP contribution in [0.4, 0.5) is 0 Å². The van der Waals surface area contributed by atoms with Crippen LogP contribution in [0.25, 0.3) is 0 Å². The van der Waals surface area contributed by atoms with E-state index in [0.29, 0.717) is 18.3 Å². The first-order valence-electron chi connectivity index (χ1n) is 6.47. The number of likely N-dealkylation sites (tertiary alicyclic amines) is 1. The maximum absolute atomic E-state index is 6.08. The molecule has 4 heteroatoms. The Morgan fingerprint density at radius 1 is 1.12 bits per heavy atom. The summed E-state index contributed by atoms with van der Waals surface area (Å²) in [4.78, 5) is 2.55. The number of hydrogen-bond acceptors (Lipinski definition) is 3. The number of hydrogen-bond donors (Lipinski definition) is 0. The van der Waals surface area contributed by atoms with Crippen LogP contribution in [0.1, 0.15) is 39.0 Å². The molecule has 2 aliphatic rings. The summed E-state index contributed by atoms with van der Waals surface area (Å²) >= 11 is 2.00. The van der Waals surface area contributed by atoms with E-state index in [0.717, 1.165) is 12.8 Å². The Balaban J connectivity index is 1.59. The number of rotatable bonds is 5. The van der Waals surface area contributed by atoms with Crippen molar-refractivity contribution in [2.75, 3.05) is 19.6 Å². The Kier molecular flexibility index (Phi) is 5.32. The Hall–Kier alpha value is 0.610. The number of piperidine rings is 1. The molecule has 2 rings (SSSR count). The van der Waals surface area contributed by atoms with Gasteiger partial charge in [-0.15, -0.1) is 0 Å². The Bertz CT molecular complexity index is 201. The van der Waals surface area contributed by atoms with E-state index in [1.54, 1.807) is 0 Å². The van der Waals surface area contributed by atoms with Gasteiger partial charge in [0.05, 0.1) is 18.3 Å². The molecule has 94 valence electrons. The molecule has 1 heterocycles. The largest absolute Gasteiger partial charge is 0.375 e. The second kappa shape index (κ2) is 6.52. The average Bonchev–Trinajstić information content (AvgIpc) is 2.25. The van der Waals surface area contributed by atoms with E-state index < -0.39 is 0 Å². The lowest BCUT2D eigenvalue weighted by atomic mass is 9.92. The second-order valence-electron chi connectivity index (χ2n) is 4.98. The minimum absolute atomic E-state index is 0.450. The van der Waals surface area contributed by atoms with Gasteiger partial charge in [-0.2, -0.15) is 0 Å². The lowest BCUT2D eigenvalue weighted by Crippen LogP contribution is -2.43. The fourth-order valence-corrected chi connectivity index (χ4v) is 2.97. The van der Waals surface area contributed by atoms with Gasteiger partial charge < -0.3 is 12.7 Å². The van der Waals surface area contributed by atoms with Crippen molar-refractivity contribution in [3.63, 3.8) is 0 Å². The molecule has 0 spiro atoms. The van der Waals surface area contributed by atoms with Crippen LogP contribution in [0.15, 0.2) is 0 Å². The lowest BCUT2D eigenvalue weighted by molar-refractivity contribution is -0.103. The zero-order valence-electron chi connectivity index (χ0n) is 10.0. The van der Waals surface area contributed by atoms with Crippen molar-refractivity contribution in [3.05, 3.63) is 0 Å². The third-order valence-corrected chi connectivity index (χ3v) is 4.36. The van der Waals surface area contributed by atoms with E-state index in [1.807, 2.05) is 23.0 Å². The third-order valence-electron chi connectivity index (χ3n) is 3.64. The molecule has 3 nitrogen and oxygen atoms in total. The van der Waals surface area contributed by atoms with Crippen molar-refractivity contribution in [1.29, 1.82) is 0 Å². The number of halogens is 1. The molecule has 1 aliphatic heterocycles. The first-order chi connectivity index (χ1) is 7.81. The molecular formula is C12H22INO2. The SMILES string of the molecule is CCCN1CCC(OC2CC(OI)C2)CC1. The van der Waals surface area contributed by atoms with Gasteiger partial charge in [0.1, 0.15) is 23.0 Å². The predicted molar refractivity (Wildman–Crippen MR) is 72.8 cm³/mol. The molecular weight excluding hydrogens is 317 g/mol. The molecule has 0 radical (unpaired) electrons. The fraction of sp³-hybridized carbons (Fsp3) is 1.00. The van der Waals surface area contributed by atoms with E-state index in [2.05, 4.69) is 11.8 Å². The Morgan fingerprint density at radius 2 is 1.81 bits per heavy atom. The van der Waals surface area contributed by atoms with E-state index >= 15 is 0 Å². The zero-order valence-corrected chi connectivity index (χ0v) is 12.2. The van der Waals surface area contributed by atoms with Gasteiger partial charge in [-0.1, -0.05) is 6.92 Å². The van der Waals surface area contributed by atoms with Gasteiger partial charge in [0.25, 0.3) is 0 Å². The summed E-state index contributed by atoms with van der Waals surface area (Å²) in [6.45, 7) is 5.94. The standard InChI is InChI=1S/C12H22INO2/c1-2-5-14-6-3-10(4-7-14)15-11-8-12(9-11)16-13/h10-12H,2-9H2,1H3. The molecule has 0 aromatic carbocycles. The van der Waals surface area contributed by atoms with Crippen molar-refractivity contribution in [1.82, 2.24) is 4.90 Å². The van der Waals surface area contributed by atoms with Crippen LogP contribution in [0, 0.1) is 0 Å². The van der Waals surface area contributed by atoms with Crippen LogP contribution in [0.5, 0.6) is 0 Å². The monoisotopic (exact) mass is 339 g/mol. The van der Waals surface area contributed by atoms with Gasteiger partial charge in [-0.05, 0) is 25.8 Å². The third kappa shape index (κ3) is 3.55. The van der Waals surface area contributed by atoms with Crippen molar-refractivity contribution in [3.8, 4) is 0 Å². The van der Waals surface area contributed by atoms with Crippen molar-refractivity contribution >= 4 is 23.0 Å². The Morgan fingerprint density at radius 3 is 2.38 bits per heavy atom. The summed E-state index contributed by atoms with van der Waals surface area (Å²) in [6, 6.07) is 0. The minimum atomic E-state index is 0.450. The highest BCUT2D eigenvalue weighted by Crippen LogP contribution is 2.30. The summed E-state index contributed by atoms with van der Waals surface area (Å²) in [5.41, 5.74) is 0. The average molecular weight is 339 g/mol. The van der Waals surface area contributed by atoms with Crippen molar-refractivity contribution < 1.29 is 7.80 Å². The summed E-state index contributed by atoms with van der Waals surface area (Å²) in [6.07, 6.45) is 7.32. The molecule has 16 heavy (non-hydrogen) atoms. The molecule has 0 amide bonds. The van der Waals surface area contributed by atoms with Gasteiger partial charge in [-0.3, -0.25) is 0 Å². The van der Waals surface area contributed by atoms with Crippen molar-refractivity contribution in [2.24, 2.45) is 0 Å². The van der Waals surface area contributed by atoms with Crippen molar-refractivity contribution in [2.45, 2.75) is 57.3 Å². The molecule has 2 fully saturated rings. The highest BCUT2D eigenvalue weighted by atomic mass is 127. The molecule has 0 N–H and O–H groups in total. The molecule has 0 unspecified atom stereocenters. The van der Waals surface area contributed by atoms with E-state index in [1.165, 1.54) is 38.9 Å². The van der Waals surface area contributed by atoms with Gasteiger partial charge in [0.2, 0.25) is 0 Å². The van der Waals surface area contributed by atoms with Crippen LogP contribution < -0.4 is 0 Å². The van der Waals surface area contributed by atoms with Crippen LogP contribution in [0.3, 0.4) is 0 Å². The first kappa shape index (κ1) is 13.1. The van der Waals surface area contributed by atoms with Gasteiger partial charge >= 0.3 is 0 Å². The van der Waals surface area contributed by atoms with Gasteiger partial charge in [-0.25, -0.2) is 0 Å². The summed E-state index contributed by atoms with van der Waals surface area (Å²) < 4.78 is 11.3.